The van der Waals surface area contributed by atoms with Gasteiger partial charge in [0.05, 0.1) is 6.61 Å². The van der Waals surface area contributed by atoms with Gasteiger partial charge in [0.15, 0.2) is 0 Å². The van der Waals surface area contributed by atoms with Gasteiger partial charge in [0.25, 0.3) is 0 Å². The molecule has 0 aliphatic carbocycles. The molecule has 2 nitrogen and oxygen atoms in total. The second-order valence-electron chi connectivity index (χ2n) is 4.77. The summed E-state index contributed by atoms with van der Waals surface area (Å²) in [5.74, 6) is 0. The van der Waals surface area contributed by atoms with E-state index in [-0.39, 0.29) is 6.23 Å². The van der Waals surface area contributed by atoms with Crippen LogP contribution in [0.5, 0.6) is 0 Å². The lowest BCUT2D eigenvalue weighted by Gasteiger charge is -2.37. The van der Waals surface area contributed by atoms with Gasteiger partial charge < -0.3 is 4.74 Å². The summed E-state index contributed by atoms with van der Waals surface area (Å²) in [6.07, 6.45) is 5.32. The number of likely N-dealkylation sites (tertiary alicyclic amines) is 1. The molecule has 2 heteroatoms. The average Bonchev–Trinajstić information content (AvgIpc) is 2.39. The van der Waals surface area contributed by atoms with E-state index in [9.17, 15) is 0 Å². The first kappa shape index (κ1) is 10.3. The molecule has 1 saturated heterocycles. The first-order valence-electron chi connectivity index (χ1n) is 6.38. The number of rotatable bonds is 1. The Morgan fingerprint density at radius 1 is 1.06 bits per heavy atom. The Labute approximate surface area is 97.2 Å². The fraction of sp³-hybridized carbons (Fsp3) is 0.571. The predicted octanol–water partition coefficient (Wildman–Crippen LogP) is 2.74. The molecular formula is C14H19NO. The molecule has 0 radical (unpaired) electrons. The first-order chi connectivity index (χ1) is 7.95. The van der Waals surface area contributed by atoms with Gasteiger partial charge in [-0.1, -0.05) is 30.7 Å². The molecule has 0 N–H and O–H groups in total. The van der Waals surface area contributed by atoms with Crippen molar-refractivity contribution in [3.63, 3.8) is 0 Å². The minimum atomic E-state index is 0.227. The van der Waals surface area contributed by atoms with E-state index in [0.717, 1.165) is 13.0 Å². The van der Waals surface area contributed by atoms with Gasteiger partial charge in [0.2, 0.25) is 0 Å². The second-order valence-corrected chi connectivity index (χ2v) is 4.77. The third-order valence-corrected chi connectivity index (χ3v) is 3.69. The summed E-state index contributed by atoms with van der Waals surface area (Å²) in [5, 5.41) is 0. The smallest absolute Gasteiger partial charge is 0.137 e. The summed E-state index contributed by atoms with van der Waals surface area (Å²) in [6, 6.07) is 8.74. The quantitative estimate of drug-likeness (QED) is 0.717. The molecule has 2 heterocycles. The minimum absolute atomic E-state index is 0.227. The maximum Gasteiger partial charge on any atom is 0.137 e. The van der Waals surface area contributed by atoms with E-state index in [0.29, 0.717) is 0 Å². The van der Waals surface area contributed by atoms with Crippen LogP contribution in [0.25, 0.3) is 0 Å². The third-order valence-electron chi connectivity index (χ3n) is 3.69. The monoisotopic (exact) mass is 217 g/mol. The highest BCUT2D eigenvalue weighted by Gasteiger charge is 2.27. The van der Waals surface area contributed by atoms with Gasteiger partial charge in [-0.15, -0.1) is 0 Å². The zero-order chi connectivity index (χ0) is 10.8. The maximum absolute atomic E-state index is 5.97. The Bertz CT molecular complexity index is 358. The molecule has 1 aromatic rings. The molecular weight excluding hydrogens is 198 g/mol. The van der Waals surface area contributed by atoms with Gasteiger partial charge in [0, 0.05) is 13.1 Å². The van der Waals surface area contributed by atoms with Crippen LogP contribution in [0.3, 0.4) is 0 Å². The van der Waals surface area contributed by atoms with Crippen molar-refractivity contribution in [3.8, 4) is 0 Å². The van der Waals surface area contributed by atoms with Crippen molar-refractivity contribution in [3.05, 3.63) is 35.4 Å². The Balaban J connectivity index is 1.86. The van der Waals surface area contributed by atoms with Crippen LogP contribution in [0.2, 0.25) is 0 Å². The van der Waals surface area contributed by atoms with Crippen molar-refractivity contribution in [2.75, 3.05) is 19.7 Å². The van der Waals surface area contributed by atoms with Gasteiger partial charge >= 0.3 is 0 Å². The summed E-state index contributed by atoms with van der Waals surface area (Å²) in [6.45, 7) is 3.26. The topological polar surface area (TPSA) is 12.5 Å². The Morgan fingerprint density at radius 2 is 1.88 bits per heavy atom. The molecule has 0 spiro atoms. The molecule has 0 saturated carbocycles. The summed E-state index contributed by atoms with van der Waals surface area (Å²) >= 11 is 0. The highest BCUT2D eigenvalue weighted by molar-refractivity contribution is 5.30. The van der Waals surface area contributed by atoms with Crippen molar-refractivity contribution in [2.45, 2.75) is 31.9 Å². The van der Waals surface area contributed by atoms with Crippen LogP contribution in [-0.4, -0.2) is 24.6 Å². The summed E-state index contributed by atoms with van der Waals surface area (Å²) < 4.78 is 5.97. The average molecular weight is 217 g/mol. The van der Waals surface area contributed by atoms with Crippen molar-refractivity contribution in [1.82, 2.24) is 4.90 Å². The molecule has 16 heavy (non-hydrogen) atoms. The van der Waals surface area contributed by atoms with Crippen LogP contribution >= 0.6 is 0 Å². The second kappa shape index (κ2) is 4.56. The summed E-state index contributed by atoms with van der Waals surface area (Å²) in [4.78, 5) is 2.50. The number of nitrogens with zero attached hydrogens (tertiary/aromatic N) is 1. The van der Waals surface area contributed by atoms with Crippen molar-refractivity contribution in [1.29, 1.82) is 0 Å². The van der Waals surface area contributed by atoms with Gasteiger partial charge in [-0.25, -0.2) is 0 Å². The lowest BCUT2D eigenvalue weighted by atomic mass is 9.99. The minimum Gasteiger partial charge on any atom is -0.358 e. The van der Waals surface area contributed by atoms with Gasteiger partial charge in [-0.3, -0.25) is 4.90 Å². The fourth-order valence-corrected chi connectivity index (χ4v) is 2.83. The molecule has 0 bridgehead atoms. The molecule has 2 aliphatic rings. The molecule has 3 rings (SSSR count). The predicted molar refractivity (Wildman–Crippen MR) is 64.3 cm³/mol. The lowest BCUT2D eigenvalue weighted by Crippen LogP contribution is -2.37. The largest absolute Gasteiger partial charge is 0.358 e. The zero-order valence-corrected chi connectivity index (χ0v) is 9.69. The Hall–Kier alpha value is -0.860. The van der Waals surface area contributed by atoms with Crippen molar-refractivity contribution in [2.24, 2.45) is 0 Å². The highest BCUT2D eigenvalue weighted by atomic mass is 16.5. The van der Waals surface area contributed by atoms with Crippen molar-refractivity contribution < 1.29 is 4.74 Å². The SMILES string of the molecule is c1ccc2c(c1)CCOC2N1CCCCC1. The van der Waals surface area contributed by atoms with E-state index in [1.165, 1.54) is 43.5 Å². The number of piperidine rings is 1. The number of benzene rings is 1. The zero-order valence-electron chi connectivity index (χ0n) is 9.69. The standard InChI is InChI=1S/C14H19NO/c1-4-9-15(10-5-1)14-13-7-3-2-6-12(13)8-11-16-14/h2-3,6-7,14H,1,4-5,8-11H2. The fourth-order valence-electron chi connectivity index (χ4n) is 2.83. The summed E-state index contributed by atoms with van der Waals surface area (Å²) in [7, 11) is 0. The molecule has 1 fully saturated rings. The van der Waals surface area contributed by atoms with E-state index in [1.54, 1.807) is 0 Å². The molecule has 2 aliphatic heterocycles. The molecule has 0 amide bonds. The van der Waals surface area contributed by atoms with E-state index < -0.39 is 0 Å². The number of ether oxygens (including phenoxy) is 1. The van der Waals surface area contributed by atoms with Crippen molar-refractivity contribution >= 4 is 0 Å². The lowest BCUT2D eigenvalue weighted by molar-refractivity contribution is -0.0774. The van der Waals surface area contributed by atoms with Crippen LogP contribution in [0, 0.1) is 0 Å². The molecule has 1 aromatic carbocycles. The molecule has 0 aromatic heterocycles. The van der Waals surface area contributed by atoms with E-state index in [2.05, 4.69) is 29.2 Å². The van der Waals surface area contributed by atoms with Crippen LogP contribution < -0.4 is 0 Å². The first-order valence-corrected chi connectivity index (χ1v) is 6.38. The third kappa shape index (κ3) is 1.87. The molecule has 1 unspecified atom stereocenters. The molecule has 1 atom stereocenters. The highest BCUT2D eigenvalue weighted by Crippen LogP contribution is 2.31. The number of hydrogen-bond acceptors (Lipinski definition) is 2. The Morgan fingerprint density at radius 3 is 2.75 bits per heavy atom. The maximum atomic E-state index is 5.97. The Kier molecular flexibility index (Phi) is 2.94. The van der Waals surface area contributed by atoms with E-state index in [1.807, 2.05) is 0 Å². The van der Waals surface area contributed by atoms with E-state index in [4.69, 9.17) is 4.74 Å². The number of hydrogen-bond donors (Lipinski definition) is 0. The van der Waals surface area contributed by atoms with Gasteiger partial charge in [-0.05, 0) is 30.4 Å². The van der Waals surface area contributed by atoms with Crippen LogP contribution in [0.15, 0.2) is 24.3 Å². The van der Waals surface area contributed by atoms with Gasteiger partial charge in [0.1, 0.15) is 6.23 Å². The normalized spacial score (nSPS) is 26.4. The van der Waals surface area contributed by atoms with Crippen LogP contribution in [-0.2, 0) is 11.2 Å². The van der Waals surface area contributed by atoms with Gasteiger partial charge in [-0.2, -0.15) is 0 Å². The number of fused-ring (bicyclic) bond motifs is 1. The van der Waals surface area contributed by atoms with E-state index >= 15 is 0 Å². The summed E-state index contributed by atoms with van der Waals surface area (Å²) in [5.41, 5.74) is 2.87. The van der Waals surface area contributed by atoms with Crippen LogP contribution in [0.4, 0.5) is 0 Å². The van der Waals surface area contributed by atoms with Crippen LogP contribution in [0.1, 0.15) is 36.6 Å². The molecule has 86 valence electrons.